The summed E-state index contributed by atoms with van der Waals surface area (Å²) in [6, 6.07) is 3.68. The molecule has 0 fully saturated rings. The van der Waals surface area contributed by atoms with E-state index in [1.807, 2.05) is 6.07 Å². The molecule has 0 saturated heterocycles. The first-order chi connectivity index (χ1) is 6.40. The number of rotatable bonds is 2. The Hall–Kier alpha value is -1.58. The van der Waals surface area contributed by atoms with Crippen molar-refractivity contribution in [2.24, 2.45) is 4.99 Å². The first-order valence-electron chi connectivity index (χ1n) is 4.08. The van der Waals surface area contributed by atoms with Crippen molar-refractivity contribution >= 4 is 5.90 Å². The molecule has 0 aliphatic carbocycles. The zero-order chi connectivity index (χ0) is 9.10. The van der Waals surface area contributed by atoms with Crippen LogP contribution in [-0.2, 0) is 4.74 Å². The summed E-state index contributed by atoms with van der Waals surface area (Å²) in [5, 5.41) is 0. The molecule has 1 aromatic heterocycles. The lowest BCUT2D eigenvalue weighted by Gasteiger charge is -2.01. The summed E-state index contributed by atoms with van der Waals surface area (Å²) < 4.78 is 10.2. The van der Waals surface area contributed by atoms with E-state index in [-0.39, 0.29) is 0 Å². The second-order valence-electron chi connectivity index (χ2n) is 2.62. The number of ether oxygens (including phenoxy) is 2. The van der Waals surface area contributed by atoms with Crippen molar-refractivity contribution in [2.75, 3.05) is 20.3 Å². The average Bonchev–Trinajstić information content (AvgIpc) is 2.71. The lowest BCUT2D eigenvalue weighted by atomic mass is 10.3. The summed E-state index contributed by atoms with van der Waals surface area (Å²) in [4.78, 5) is 8.23. The predicted molar refractivity (Wildman–Crippen MR) is 48.1 cm³/mol. The molecule has 0 bridgehead atoms. The van der Waals surface area contributed by atoms with Crippen molar-refractivity contribution in [2.45, 2.75) is 0 Å². The van der Waals surface area contributed by atoms with Crippen molar-refractivity contribution in [1.82, 2.24) is 4.98 Å². The van der Waals surface area contributed by atoms with E-state index in [1.165, 1.54) is 0 Å². The van der Waals surface area contributed by atoms with Gasteiger partial charge >= 0.3 is 0 Å². The molecule has 1 aromatic rings. The maximum atomic E-state index is 5.28. The van der Waals surface area contributed by atoms with Crippen LogP contribution in [0.2, 0.25) is 0 Å². The minimum absolute atomic E-state index is 0.599. The average molecular weight is 178 g/mol. The Morgan fingerprint density at radius 1 is 1.46 bits per heavy atom. The topological polar surface area (TPSA) is 43.7 Å². The molecule has 0 saturated carbocycles. The minimum Gasteiger partial charge on any atom is -0.481 e. The Morgan fingerprint density at radius 3 is 2.92 bits per heavy atom. The van der Waals surface area contributed by atoms with Crippen LogP contribution in [0.1, 0.15) is 5.56 Å². The number of aliphatic imine (C=N–C) groups is 1. The van der Waals surface area contributed by atoms with Gasteiger partial charge in [0, 0.05) is 12.3 Å². The monoisotopic (exact) mass is 178 g/mol. The highest BCUT2D eigenvalue weighted by atomic mass is 16.5. The van der Waals surface area contributed by atoms with Gasteiger partial charge in [0.25, 0.3) is 0 Å². The van der Waals surface area contributed by atoms with E-state index in [1.54, 1.807) is 19.4 Å². The second kappa shape index (κ2) is 3.43. The summed E-state index contributed by atoms with van der Waals surface area (Å²) in [6.07, 6.45) is 1.70. The van der Waals surface area contributed by atoms with Gasteiger partial charge in [-0.1, -0.05) is 0 Å². The Labute approximate surface area is 76.2 Å². The van der Waals surface area contributed by atoms with Crippen LogP contribution in [-0.4, -0.2) is 31.1 Å². The highest BCUT2D eigenvalue weighted by Crippen LogP contribution is 2.10. The third-order valence-electron chi connectivity index (χ3n) is 1.78. The molecule has 0 amide bonds. The first kappa shape index (κ1) is 8.04. The van der Waals surface area contributed by atoms with Gasteiger partial charge in [-0.25, -0.2) is 9.98 Å². The van der Waals surface area contributed by atoms with E-state index in [9.17, 15) is 0 Å². The quantitative estimate of drug-likeness (QED) is 0.674. The highest BCUT2D eigenvalue weighted by molar-refractivity contribution is 5.94. The molecule has 0 N–H and O–H groups in total. The molecule has 0 radical (unpaired) electrons. The third-order valence-corrected chi connectivity index (χ3v) is 1.78. The molecular weight excluding hydrogens is 168 g/mol. The number of aromatic nitrogens is 1. The maximum absolute atomic E-state index is 5.28. The molecule has 0 spiro atoms. The minimum atomic E-state index is 0.599. The van der Waals surface area contributed by atoms with Gasteiger partial charge in [-0.05, 0) is 6.07 Å². The third kappa shape index (κ3) is 1.61. The van der Waals surface area contributed by atoms with Crippen LogP contribution in [0.15, 0.2) is 23.3 Å². The highest BCUT2D eigenvalue weighted by Gasteiger charge is 2.09. The van der Waals surface area contributed by atoms with Gasteiger partial charge in [0.15, 0.2) is 0 Å². The zero-order valence-corrected chi connectivity index (χ0v) is 7.36. The van der Waals surface area contributed by atoms with Gasteiger partial charge in [0.1, 0.15) is 6.61 Å². The molecular formula is C9H10N2O2. The molecule has 1 aliphatic heterocycles. The molecule has 2 heterocycles. The molecule has 2 rings (SSSR count). The second-order valence-corrected chi connectivity index (χ2v) is 2.62. The van der Waals surface area contributed by atoms with Crippen LogP contribution in [0.5, 0.6) is 5.88 Å². The van der Waals surface area contributed by atoms with E-state index in [0.717, 1.165) is 12.1 Å². The van der Waals surface area contributed by atoms with Gasteiger partial charge in [0.05, 0.1) is 19.2 Å². The van der Waals surface area contributed by atoms with Crippen LogP contribution in [0.3, 0.4) is 0 Å². The van der Waals surface area contributed by atoms with E-state index in [0.29, 0.717) is 18.4 Å². The lowest BCUT2D eigenvalue weighted by Crippen LogP contribution is -2.01. The Kier molecular flexibility index (Phi) is 2.12. The Bertz CT molecular complexity index is 319. The number of hydrogen-bond donors (Lipinski definition) is 0. The van der Waals surface area contributed by atoms with Crippen LogP contribution in [0.25, 0.3) is 0 Å². The molecule has 4 nitrogen and oxygen atoms in total. The van der Waals surface area contributed by atoms with E-state index in [2.05, 4.69) is 9.98 Å². The summed E-state index contributed by atoms with van der Waals surface area (Å²) in [5.74, 6) is 1.28. The van der Waals surface area contributed by atoms with Gasteiger partial charge in [-0.3, -0.25) is 0 Å². The van der Waals surface area contributed by atoms with Crippen LogP contribution in [0, 0.1) is 0 Å². The summed E-state index contributed by atoms with van der Waals surface area (Å²) in [6.45, 7) is 1.41. The molecule has 4 heteroatoms. The fraction of sp³-hybridized carbons (Fsp3) is 0.333. The lowest BCUT2D eigenvalue weighted by molar-refractivity contribution is 0.348. The molecule has 1 aliphatic rings. The molecule has 0 unspecified atom stereocenters. The van der Waals surface area contributed by atoms with Crippen LogP contribution < -0.4 is 4.74 Å². The molecule has 0 atom stereocenters. The van der Waals surface area contributed by atoms with Crippen molar-refractivity contribution in [3.8, 4) is 5.88 Å². The van der Waals surface area contributed by atoms with Gasteiger partial charge in [-0.15, -0.1) is 0 Å². The van der Waals surface area contributed by atoms with Gasteiger partial charge < -0.3 is 9.47 Å². The first-order valence-corrected chi connectivity index (χ1v) is 4.08. The van der Waals surface area contributed by atoms with Gasteiger partial charge in [0.2, 0.25) is 11.8 Å². The fourth-order valence-corrected chi connectivity index (χ4v) is 1.14. The SMILES string of the molecule is COc1ccc(C2=NCCO2)cn1. The van der Waals surface area contributed by atoms with Crippen molar-refractivity contribution < 1.29 is 9.47 Å². The number of hydrogen-bond acceptors (Lipinski definition) is 4. The summed E-state index contributed by atoms with van der Waals surface area (Å²) >= 11 is 0. The fourth-order valence-electron chi connectivity index (χ4n) is 1.14. The van der Waals surface area contributed by atoms with E-state index in [4.69, 9.17) is 9.47 Å². The Morgan fingerprint density at radius 2 is 2.38 bits per heavy atom. The van der Waals surface area contributed by atoms with Crippen molar-refractivity contribution in [1.29, 1.82) is 0 Å². The van der Waals surface area contributed by atoms with Crippen LogP contribution in [0.4, 0.5) is 0 Å². The standard InChI is InChI=1S/C9H10N2O2/c1-12-8-3-2-7(6-11-8)9-10-4-5-13-9/h2-3,6H,4-5H2,1H3. The molecule has 13 heavy (non-hydrogen) atoms. The van der Waals surface area contributed by atoms with E-state index >= 15 is 0 Å². The summed E-state index contributed by atoms with van der Waals surface area (Å²) in [7, 11) is 1.59. The zero-order valence-electron chi connectivity index (χ0n) is 7.36. The number of methoxy groups -OCH3 is 1. The normalized spacial score (nSPS) is 15.0. The van der Waals surface area contributed by atoms with Crippen molar-refractivity contribution in [3.63, 3.8) is 0 Å². The van der Waals surface area contributed by atoms with Gasteiger partial charge in [-0.2, -0.15) is 0 Å². The number of nitrogens with zero attached hydrogens (tertiary/aromatic N) is 2. The summed E-state index contributed by atoms with van der Waals surface area (Å²) in [5.41, 5.74) is 0.901. The maximum Gasteiger partial charge on any atom is 0.217 e. The smallest absolute Gasteiger partial charge is 0.217 e. The predicted octanol–water partition coefficient (Wildman–Crippen LogP) is 0.867. The largest absolute Gasteiger partial charge is 0.481 e. The van der Waals surface area contributed by atoms with Crippen molar-refractivity contribution in [3.05, 3.63) is 23.9 Å². The Balaban J connectivity index is 2.22. The van der Waals surface area contributed by atoms with Crippen LogP contribution >= 0.6 is 0 Å². The number of pyridine rings is 1. The molecule has 68 valence electrons. The van der Waals surface area contributed by atoms with E-state index < -0.39 is 0 Å². The molecule has 0 aromatic carbocycles.